The molecule has 1 aromatic heterocycles. The Morgan fingerprint density at radius 3 is 2.56 bits per heavy atom. The molecule has 16 heavy (non-hydrogen) atoms. The van der Waals surface area contributed by atoms with E-state index in [4.69, 9.17) is 0 Å². The van der Waals surface area contributed by atoms with E-state index >= 15 is 0 Å². The van der Waals surface area contributed by atoms with Gasteiger partial charge in [-0.25, -0.2) is 14.0 Å². The lowest BCUT2D eigenvalue weighted by Crippen LogP contribution is -2.47. The van der Waals surface area contributed by atoms with Crippen LogP contribution in [-0.4, -0.2) is 24.2 Å². The molecule has 0 fully saturated rings. The standard InChI is InChI=1S/C7H8N4O4S/c1-10-5-4(6(12)11(2)7(10)13)16(14,15)9-3-8-5/h3H,1-2H3,(H,8,9,14,15). The van der Waals surface area contributed by atoms with E-state index < -0.39 is 25.7 Å². The third-order valence-electron chi connectivity index (χ3n) is 2.23. The Bertz CT molecular complexity index is 822. The van der Waals surface area contributed by atoms with Gasteiger partial charge in [0.2, 0.25) is 9.99 Å². The van der Waals surface area contributed by atoms with Crippen LogP contribution in [0.1, 0.15) is 0 Å². The fourth-order valence-corrected chi connectivity index (χ4v) is 2.45. The van der Waals surface area contributed by atoms with Crippen LogP contribution < -0.4 is 16.7 Å². The second-order valence-electron chi connectivity index (χ2n) is 3.21. The van der Waals surface area contributed by atoms with Gasteiger partial charge in [0.15, 0.2) is 10.00 Å². The number of hydrogen-bond donors (Lipinski definition) is 1. The van der Waals surface area contributed by atoms with E-state index in [2.05, 4.69) is 9.39 Å². The zero-order chi connectivity index (χ0) is 12.1. The molecule has 86 valence electrons. The van der Waals surface area contributed by atoms with E-state index in [0.29, 0.717) is 0 Å². The summed E-state index contributed by atoms with van der Waals surface area (Å²) in [7, 11) is -1.22. The minimum Gasteiger partial charge on any atom is -0.296 e. The maximum Gasteiger partial charge on any atom is 0.332 e. The molecule has 0 aliphatic carbocycles. The Morgan fingerprint density at radius 1 is 1.31 bits per heavy atom. The highest BCUT2D eigenvalue weighted by atomic mass is 32.2. The highest BCUT2D eigenvalue weighted by Gasteiger charge is 2.15. The lowest BCUT2D eigenvalue weighted by molar-refractivity contribution is 0.553. The molecule has 8 nitrogen and oxygen atoms in total. The van der Waals surface area contributed by atoms with Gasteiger partial charge in [-0.05, 0) is 0 Å². The first-order valence-electron chi connectivity index (χ1n) is 4.17. The van der Waals surface area contributed by atoms with Crippen LogP contribution in [-0.2, 0) is 24.1 Å². The van der Waals surface area contributed by atoms with Crippen molar-refractivity contribution < 1.29 is 8.76 Å². The highest BCUT2D eigenvalue weighted by Crippen LogP contribution is 1.92. The molecular weight excluding hydrogens is 236 g/mol. The van der Waals surface area contributed by atoms with Gasteiger partial charge in [-0.3, -0.25) is 18.5 Å². The zero-order valence-corrected chi connectivity index (χ0v) is 9.26. The molecule has 1 aliphatic rings. The topological polar surface area (TPSA) is 106 Å². The number of aromatic nitrogens is 2. The molecule has 1 unspecified atom stereocenters. The van der Waals surface area contributed by atoms with E-state index in [1.807, 2.05) is 0 Å². The molecule has 1 N–H and O–H groups in total. The predicted octanol–water partition coefficient (Wildman–Crippen LogP) is -2.33. The smallest absolute Gasteiger partial charge is 0.296 e. The van der Waals surface area contributed by atoms with E-state index in [-0.39, 0.29) is 5.49 Å². The fraction of sp³-hybridized carbons (Fsp3) is 0.286. The van der Waals surface area contributed by atoms with E-state index in [1.165, 1.54) is 14.1 Å². The quantitative estimate of drug-likeness (QED) is 0.516. The molecule has 0 bridgehead atoms. The van der Waals surface area contributed by atoms with Crippen LogP contribution in [0.4, 0.5) is 0 Å². The van der Waals surface area contributed by atoms with Gasteiger partial charge in [0.05, 0.1) is 0 Å². The Hall–Kier alpha value is -1.74. The summed E-state index contributed by atoms with van der Waals surface area (Å²) in [6.45, 7) is 0. The van der Waals surface area contributed by atoms with Crippen molar-refractivity contribution in [1.29, 1.82) is 0 Å². The molecule has 1 aliphatic heterocycles. The van der Waals surface area contributed by atoms with Crippen LogP contribution in [0.25, 0.3) is 0 Å². The summed E-state index contributed by atoms with van der Waals surface area (Å²) in [4.78, 5) is 26.9. The second kappa shape index (κ2) is 3.12. The van der Waals surface area contributed by atoms with Crippen LogP contribution >= 0.6 is 0 Å². The van der Waals surface area contributed by atoms with Gasteiger partial charge < -0.3 is 0 Å². The maximum absolute atomic E-state index is 11.7. The van der Waals surface area contributed by atoms with Crippen LogP contribution in [0.5, 0.6) is 0 Å². The molecule has 0 saturated carbocycles. The van der Waals surface area contributed by atoms with Crippen molar-refractivity contribution in [1.82, 2.24) is 9.13 Å². The molecule has 0 aromatic carbocycles. The van der Waals surface area contributed by atoms with Crippen molar-refractivity contribution in [3.8, 4) is 0 Å². The van der Waals surface area contributed by atoms with Crippen LogP contribution in [0.3, 0.4) is 0 Å². The van der Waals surface area contributed by atoms with Crippen molar-refractivity contribution in [2.24, 2.45) is 23.5 Å². The molecule has 1 aromatic rings. The summed E-state index contributed by atoms with van der Waals surface area (Å²) in [5.74, 6) is 0. The largest absolute Gasteiger partial charge is 0.332 e. The molecular formula is C7H8N4O4S. The van der Waals surface area contributed by atoms with Crippen LogP contribution in [0, 0.1) is 4.51 Å². The summed E-state index contributed by atoms with van der Waals surface area (Å²) >= 11 is 0. The summed E-state index contributed by atoms with van der Waals surface area (Å²) in [6.07, 6.45) is 0.865. The third-order valence-corrected chi connectivity index (χ3v) is 3.50. The number of hydrogen-bond acceptors (Lipinski definition) is 4. The average Bonchev–Trinajstić information content (AvgIpc) is 2.21. The molecule has 1 atom stereocenters. The van der Waals surface area contributed by atoms with Crippen molar-refractivity contribution in [2.45, 2.75) is 0 Å². The first-order valence-corrected chi connectivity index (χ1v) is 5.64. The van der Waals surface area contributed by atoms with Crippen molar-refractivity contribution >= 4 is 16.3 Å². The first-order chi connectivity index (χ1) is 7.36. The Kier molecular flexibility index (Phi) is 2.10. The van der Waals surface area contributed by atoms with Gasteiger partial charge in [0.1, 0.15) is 6.34 Å². The van der Waals surface area contributed by atoms with Crippen molar-refractivity contribution in [3.05, 3.63) is 30.8 Å². The van der Waals surface area contributed by atoms with E-state index in [0.717, 1.165) is 15.5 Å². The summed E-state index contributed by atoms with van der Waals surface area (Å²) < 4.78 is 25.7. The normalized spacial score (nSPS) is 22.7. The summed E-state index contributed by atoms with van der Waals surface area (Å²) in [6, 6.07) is 0. The molecule has 2 rings (SSSR count). The Balaban J connectivity index is 3.45. The van der Waals surface area contributed by atoms with Crippen molar-refractivity contribution in [2.75, 3.05) is 0 Å². The van der Waals surface area contributed by atoms with Gasteiger partial charge in [-0.2, -0.15) is 4.40 Å². The maximum atomic E-state index is 11.7. The predicted molar refractivity (Wildman–Crippen MR) is 56.2 cm³/mol. The van der Waals surface area contributed by atoms with Gasteiger partial charge in [-0.15, -0.1) is 0 Å². The van der Waals surface area contributed by atoms with Crippen molar-refractivity contribution in [3.63, 3.8) is 0 Å². The number of fused-ring (bicyclic) bond motifs is 1. The lowest BCUT2D eigenvalue weighted by Gasteiger charge is -2.05. The van der Waals surface area contributed by atoms with Gasteiger partial charge in [0, 0.05) is 14.1 Å². The molecule has 2 heterocycles. The van der Waals surface area contributed by atoms with E-state index in [9.17, 15) is 18.4 Å². The van der Waals surface area contributed by atoms with E-state index in [1.54, 1.807) is 0 Å². The monoisotopic (exact) mass is 244 g/mol. The molecule has 0 saturated heterocycles. The van der Waals surface area contributed by atoms with Gasteiger partial charge in [0.25, 0.3) is 5.56 Å². The Labute approximate surface area is 89.2 Å². The summed E-state index contributed by atoms with van der Waals surface area (Å²) in [5, 5.41) is 0. The zero-order valence-electron chi connectivity index (χ0n) is 8.45. The van der Waals surface area contributed by atoms with Gasteiger partial charge in [-0.1, -0.05) is 0 Å². The second-order valence-corrected chi connectivity index (χ2v) is 4.82. The SMILES string of the molecule is Cn1c(=O)c2c(n(C)c1=O)=NC=NS=2(=O)O. The first kappa shape index (κ1) is 10.8. The third kappa shape index (κ3) is 1.25. The number of rotatable bonds is 0. The summed E-state index contributed by atoms with van der Waals surface area (Å²) in [5.41, 5.74) is -1.60. The molecule has 0 amide bonds. The Morgan fingerprint density at radius 2 is 1.94 bits per heavy atom. The van der Waals surface area contributed by atoms with Crippen LogP contribution in [0.15, 0.2) is 19.0 Å². The molecule has 0 spiro atoms. The minimum atomic E-state index is -3.80. The lowest BCUT2D eigenvalue weighted by atomic mass is 10.6. The fourth-order valence-electron chi connectivity index (χ4n) is 1.38. The average molecular weight is 244 g/mol. The molecule has 9 heteroatoms. The molecule has 0 radical (unpaired) electrons. The highest BCUT2D eigenvalue weighted by molar-refractivity contribution is 7.88. The van der Waals surface area contributed by atoms with Crippen LogP contribution in [0.2, 0.25) is 0 Å². The number of nitrogens with zero attached hydrogens (tertiary/aromatic N) is 4. The van der Waals surface area contributed by atoms with Gasteiger partial charge >= 0.3 is 5.69 Å². The minimum absolute atomic E-state index is 0.129.